The van der Waals surface area contributed by atoms with E-state index in [0.29, 0.717) is 6.04 Å². The average molecular weight is 363 g/mol. The number of hydrogen-bond donors (Lipinski definition) is 2. The van der Waals surface area contributed by atoms with Gasteiger partial charge in [0, 0.05) is 37.7 Å². The molecule has 1 unspecified atom stereocenters. The zero-order chi connectivity index (χ0) is 17.5. The lowest BCUT2D eigenvalue weighted by atomic mass is 10.0. The number of guanidine groups is 1. The van der Waals surface area contributed by atoms with Crippen molar-refractivity contribution in [3.8, 4) is 0 Å². The van der Waals surface area contributed by atoms with Gasteiger partial charge >= 0.3 is 0 Å². The highest BCUT2D eigenvalue weighted by molar-refractivity contribution is 6.30. The fourth-order valence-electron chi connectivity index (χ4n) is 3.38. The van der Waals surface area contributed by atoms with Crippen LogP contribution in [0.25, 0.3) is 0 Å². The minimum atomic E-state index is 0.239. The Hall–Kier alpha value is -1.56. The van der Waals surface area contributed by atoms with Crippen LogP contribution in [0.5, 0.6) is 0 Å². The lowest BCUT2D eigenvalue weighted by Gasteiger charge is -2.35. The minimum Gasteiger partial charge on any atom is -0.379 e. The van der Waals surface area contributed by atoms with Gasteiger partial charge in [-0.05, 0) is 30.5 Å². The van der Waals surface area contributed by atoms with Crippen molar-refractivity contribution in [3.05, 3.63) is 47.0 Å². The summed E-state index contributed by atoms with van der Waals surface area (Å²) < 4.78 is 5.51. The van der Waals surface area contributed by atoms with Crippen LogP contribution in [0.15, 0.2) is 41.4 Å². The Morgan fingerprint density at radius 3 is 2.76 bits per heavy atom. The van der Waals surface area contributed by atoms with E-state index in [1.54, 1.807) is 0 Å². The summed E-state index contributed by atoms with van der Waals surface area (Å²) >= 11 is 6.22. The first-order chi connectivity index (χ1) is 12.3. The molecule has 25 heavy (non-hydrogen) atoms. The van der Waals surface area contributed by atoms with Gasteiger partial charge in [-0.3, -0.25) is 9.89 Å². The molecule has 0 saturated carbocycles. The van der Waals surface area contributed by atoms with Crippen molar-refractivity contribution in [1.82, 2.24) is 15.5 Å². The van der Waals surface area contributed by atoms with Crippen molar-refractivity contribution in [2.45, 2.75) is 24.9 Å². The Balaban J connectivity index is 1.66. The molecule has 3 rings (SSSR count). The Morgan fingerprint density at radius 2 is 2.08 bits per heavy atom. The van der Waals surface area contributed by atoms with Gasteiger partial charge in [0.1, 0.15) is 0 Å². The number of benzene rings is 1. The predicted octanol–water partition coefficient (Wildman–Crippen LogP) is 2.60. The van der Waals surface area contributed by atoms with E-state index < -0.39 is 0 Å². The molecule has 5 nitrogen and oxygen atoms in total. The van der Waals surface area contributed by atoms with Gasteiger partial charge in [-0.1, -0.05) is 35.9 Å². The minimum absolute atomic E-state index is 0.239. The fourth-order valence-corrected chi connectivity index (χ4v) is 3.58. The number of aliphatic imine (C=N–C) groups is 1. The topological polar surface area (TPSA) is 48.9 Å². The van der Waals surface area contributed by atoms with Crippen molar-refractivity contribution in [3.63, 3.8) is 0 Å². The molecule has 0 amide bonds. The standard InChI is InChI=1S/C19H27ClN4O/c1-21-19(23-17-7-2-3-8-17)22-14-18(24-9-11-25-12-10-24)15-5-4-6-16(20)13-15/h2-6,13,17-18H,7-12,14H2,1H3,(H2,21,22,23). The maximum Gasteiger partial charge on any atom is 0.191 e. The summed E-state index contributed by atoms with van der Waals surface area (Å²) in [5.41, 5.74) is 1.22. The van der Waals surface area contributed by atoms with Crippen LogP contribution in [0.1, 0.15) is 24.4 Å². The van der Waals surface area contributed by atoms with E-state index in [4.69, 9.17) is 16.3 Å². The first-order valence-electron chi connectivity index (χ1n) is 8.95. The van der Waals surface area contributed by atoms with Crippen LogP contribution in [0, 0.1) is 0 Å². The van der Waals surface area contributed by atoms with Crippen LogP contribution >= 0.6 is 11.6 Å². The summed E-state index contributed by atoms with van der Waals surface area (Å²) in [7, 11) is 1.82. The summed E-state index contributed by atoms with van der Waals surface area (Å²) in [5.74, 6) is 0.856. The summed E-state index contributed by atoms with van der Waals surface area (Å²) in [6, 6.07) is 8.82. The van der Waals surface area contributed by atoms with E-state index in [9.17, 15) is 0 Å². The molecule has 1 aliphatic heterocycles. The zero-order valence-electron chi connectivity index (χ0n) is 14.7. The lowest BCUT2D eigenvalue weighted by molar-refractivity contribution is 0.0170. The molecule has 2 aliphatic rings. The van der Waals surface area contributed by atoms with E-state index in [1.165, 1.54) is 5.56 Å². The molecule has 1 heterocycles. The van der Waals surface area contributed by atoms with Crippen LogP contribution in [-0.2, 0) is 4.74 Å². The predicted molar refractivity (Wildman–Crippen MR) is 103 cm³/mol. The Labute approximate surface area is 155 Å². The summed E-state index contributed by atoms with van der Waals surface area (Å²) in [4.78, 5) is 6.83. The third-order valence-corrected chi connectivity index (χ3v) is 4.99. The highest BCUT2D eigenvalue weighted by Gasteiger charge is 2.23. The molecule has 2 N–H and O–H groups in total. The third-order valence-electron chi connectivity index (χ3n) is 4.76. The first-order valence-corrected chi connectivity index (χ1v) is 9.33. The Morgan fingerprint density at radius 1 is 1.32 bits per heavy atom. The first kappa shape index (κ1) is 18.2. The SMILES string of the molecule is CN=C(NCC(c1cccc(Cl)c1)N1CCOCC1)NC1CC=CC1. The van der Waals surface area contributed by atoms with E-state index in [2.05, 4.69) is 44.8 Å². The molecule has 1 aromatic rings. The van der Waals surface area contributed by atoms with Gasteiger partial charge in [0.05, 0.1) is 19.3 Å². The van der Waals surface area contributed by atoms with Crippen molar-refractivity contribution in [1.29, 1.82) is 0 Å². The summed E-state index contributed by atoms with van der Waals surface area (Å²) in [6.07, 6.45) is 6.55. The molecule has 1 aromatic carbocycles. The molecule has 1 aliphatic carbocycles. The number of hydrogen-bond acceptors (Lipinski definition) is 3. The van der Waals surface area contributed by atoms with Crippen molar-refractivity contribution >= 4 is 17.6 Å². The molecular formula is C19H27ClN4O. The third kappa shape index (κ3) is 5.21. The number of rotatable bonds is 5. The highest BCUT2D eigenvalue weighted by atomic mass is 35.5. The smallest absolute Gasteiger partial charge is 0.191 e. The lowest BCUT2D eigenvalue weighted by Crippen LogP contribution is -2.48. The van der Waals surface area contributed by atoms with E-state index in [-0.39, 0.29) is 6.04 Å². The highest BCUT2D eigenvalue weighted by Crippen LogP contribution is 2.24. The van der Waals surface area contributed by atoms with Gasteiger partial charge in [-0.25, -0.2) is 0 Å². The number of nitrogens with zero attached hydrogens (tertiary/aromatic N) is 2. The van der Waals surface area contributed by atoms with Crippen LogP contribution < -0.4 is 10.6 Å². The van der Waals surface area contributed by atoms with E-state index in [1.807, 2.05) is 19.2 Å². The van der Waals surface area contributed by atoms with Gasteiger partial charge < -0.3 is 15.4 Å². The van der Waals surface area contributed by atoms with Gasteiger partial charge in [-0.15, -0.1) is 0 Å². The second-order valence-electron chi connectivity index (χ2n) is 6.46. The molecule has 136 valence electrons. The summed E-state index contributed by atoms with van der Waals surface area (Å²) in [6.45, 7) is 4.19. The van der Waals surface area contributed by atoms with Crippen LogP contribution in [-0.4, -0.2) is 56.8 Å². The molecular weight excluding hydrogens is 336 g/mol. The molecule has 0 radical (unpaired) electrons. The number of ether oxygens (including phenoxy) is 1. The number of halogens is 1. The largest absolute Gasteiger partial charge is 0.379 e. The molecule has 1 saturated heterocycles. The van der Waals surface area contributed by atoms with E-state index >= 15 is 0 Å². The molecule has 0 bridgehead atoms. The average Bonchev–Trinajstić information content (AvgIpc) is 3.15. The fraction of sp³-hybridized carbons (Fsp3) is 0.526. The van der Waals surface area contributed by atoms with Crippen molar-refractivity contribution in [2.75, 3.05) is 39.9 Å². The second kappa shape index (κ2) is 9.22. The molecule has 1 fully saturated rings. The maximum atomic E-state index is 6.22. The quantitative estimate of drug-likeness (QED) is 0.480. The van der Waals surface area contributed by atoms with Crippen LogP contribution in [0.3, 0.4) is 0 Å². The Bertz CT molecular complexity index is 605. The monoisotopic (exact) mass is 362 g/mol. The molecule has 0 aromatic heterocycles. The number of nitrogens with one attached hydrogen (secondary N) is 2. The van der Waals surface area contributed by atoms with Crippen molar-refractivity contribution in [2.24, 2.45) is 4.99 Å². The molecule has 6 heteroatoms. The maximum absolute atomic E-state index is 6.22. The van der Waals surface area contributed by atoms with Gasteiger partial charge in [-0.2, -0.15) is 0 Å². The van der Waals surface area contributed by atoms with Crippen LogP contribution in [0.4, 0.5) is 0 Å². The number of morpholine rings is 1. The van der Waals surface area contributed by atoms with Gasteiger partial charge in [0.25, 0.3) is 0 Å². The Kier molecular flexibility index (Phi) is 6.73. The molecule has 1 atom stereocenters. The van der Waals surface area contributed by atoms with Crippen molar-refractivity contribution < 1.29 is 4.74 Å². The normalized spacial score (nSPS) is 20.6. The summed E-state index contributed by atoms with van der Waals surface area (Å²) in [5, 5.41) is 7.76. The van der Waals surface area contributed by atoms with Gasteiger partial charge in [0.15, 0.2) is 5.96 Å². The molecule has 0 spiro atoms. The second-order valence-corrected chi connectivity index (χ2v) is 6.89. The zero-order valence-corrected chi connectivity index (χ0v) is 15.5. The van der Waals surface area contributed by atoms with Crippen LogP contribution in [0.2, 0.25) is 5.02 Å². The van der Waals surface area contributed by atoms with E-state index in [0.717, 1.165) is 56.7 Å². The van der Waals surface area contributed by atoms with Gasteiger partial charge in [0.2, 0.25) is 0 Å².